The smallest absolute Gasteiger partial charge is 0.220 e. The minimum absolute atomic E-state index is 0.143. The molecule has 1 amide bonds. The van der Waals surface area contributed by atoms with Crippen molar-refractivity contribution in [2.24, 2.45) is 5.92 Å². The van der Waals surface area contributed by atoms with Crippen molar-refractivity contribution in [1.29, 1.82) is 0 Å². The van der Waals surface area contributed by atoms with E-state index in [2.05, 4.69) is 55.3 Å². The van der Waals surface area contributed by atoms with Crippen molar-refractivity contribution in [2.75, 3.05) is 32.8 Å². The van der Waals surface area contributed by atoms with Gasteiger partial charge in [0.1, 0.15) is 0 Å². The lowest BCUT2D eigenvalue weighted by molar-refractivity contribution is -0.121. The van der Waals surface area contributed by atoms with Crippen molar-refractivity contribution in [3.05, 3.63) is 35.4 Å². The molecule has 0 bridgehead atoms. The number of amides is 1. The Bertz CT molecular complexity index is 479. The highest BCUT2D eigenvalue weighted by molar-refractivity contribution is 5.76. The van der Waals surface area contributed by atoms with Gasteiger partial charge in [0.25, 0.3) is 0 Å². The van der Waals surface area contributed by atoms with Gasteiger partial charge in [0.2, 0.25) is 5.91 Å². The number of carbonyl (C=O) groups excluding carboxylic acids is 1. The van der Waals surface area contributed by atoms with Gasteiger partial charge in [-0.3, -0.25) is 9.69 Å². The number of benzene rings is 1. The van der Waals surface area contributed by atoms with Crippen molar-refractivity contribution in [3.63, 3.8) is 0 Å². The molecule has 0 radical (unpaired) electrons. The van der Waals surface area contributed by atoms with Crippen LogP contribution in [0, 0.1) is 12.8 Å². The van der Waals surface area contributed by atoms with Crippen molar-refractivity contribution in [1.82, 2.24) is 10.2 Å². The Morgan fingerprint density at radius 3 is 2.48 bits per heavy atom. The molecule has 1 aliphatic rings. The number of hydrogen-bond acceptors (Lipinski definition) is 3. The Balaban J connectivity index is 1.75. The van der Waals surface area contributed by atoms with E-state index in [4.69, 9.17) is 4.74 Å². The second kappa shape index (κ2) is 9.04. The molecule has 1 aliphatic heterocycles. The molecule has 1 unspecified atom stereocenters. The van der Waals surface area contributed by atoms with E-state index in [9.17, 15) is 4.79 Å². The van der Waals surface area contributed by atoms with Crippen LogP contribution in [0.25, 0.3) is 0 Å². The van der Waals surface area contributed by atoms with Gasteiger partial charge in [-0.2, -0.15) is 0 Å². The van der Waals surface area contributed by atoms with E-state index in [-0.39, 0.29) is 5.91 Å². The van der Waals surface area contributed by atoms with Crippen LogP contribution in [0.15, 0.2) is 24.3 Å². The van der Waals surface area contributed by atoms with Crippen molar-refractivity contribution >= 4 is 5.91 Å². The monoisotopic (exact) mass is 318 g/mol. The van der Waals surface area contributed by atoms with E-state index in [0.29, 0.717) is 18.4 Å². The van der Waals surface area contributed by atoms with Crippen molar-refractivity contribution in [3.8, 4) is 0 Å². The summed E-state index contributed by atoms with van der Waals surface area (Å²) in [6.07, 6.45) is 1.35. The first kappa shape index (κ1) is 18.0. The van der Waals surface area contributed by atoms with E-state index in [1.165, 1.54) is 11.1 Å². The zero-order valence-electron chi connectivity index (χ0n) is 14.7. The first-order chi connectivity index (χ1) is 11.1. The predicted molar refractivity (Wildman–Crippen MR) is 93.5 cm³/mol. The number of aryl methyl sites for hydroxylation is 2. The molecule has 0 aliphatic carbocycles. The van der Waals surface area contributed by atoms with Crippen LogP contribution < -0.4 is 5.32 Å². The fourth-order valence-electron chi connectivity index (χ4n) is 3.01. The zero-order valence-corrected chi connectivity index (χ0v) is 14.7. The summed E-state index contributed by atoms with van der Waals surface area (Å²) in [7, 11) is 0. The van der Waals surface area contributed by atoms with Gasteiger partial charge in [0.15, 0.2) is 0 Å². The second-order valence-electron chi connectivity index (χ2n) is 6.75. The quantitative estimate of drug-likeness (QED) is 0.839. The average Bonchev–Trinajstić information content (AvgIpc) is 2.55. The van der Waals surface area contributed by atoms with Gasteiger partial charge in [-0.25, -0.2) is 0 Å². The summed E-state index contributed by atoms with van der Waals surface area (Å²) < 4.78 is 5.42. The van der Waals surface area contributed by atoms with E-state index in [1.54, 1.807) is 0 Å². The second-order valence-corrected chi connectivity index (χ2v) is 6.75. The maximum atomic E-state index is 12.1. The summed E-state index contributed by atoms with van der Waals surface area (Å²) in [5.41, 5.74) is 2.47. The fourth-order valence-corrected chi connectivity index (χ4v) is 3.01. The molecule has 1 saturated heterocycles. The van der Waals surface area contributed by atoms with Crippen LogP contribution in [-0.2, 0) is 16.0 Å². The molecule has 1 fully saturated rings. The van der Waals surface area contributed by atoms with E-state index >= 15 is 0 Å². The van der Waals surface area contributed by atoms with Gasteiger partial charge in [-0.1, -0.05) is 43.7 Å². The van der Waals surface area contributed by atoms with Gasteiger partial charge in [0, 0.05) is 32.1 Å². The highest BCUT2D eigenvalue weighted by atomic mass is 16.5. The third kappa shape index (κ3) is 5.96. The minimum atomic E-state index is 0.143. The van der Waals surface area contributed by atoms with Gasteiger partial charge >= 0.3 is 0 Å². The topological polar surface area (TPSA) is 41.6 Å². The Hall–Kier alpha value is -1.39. The lowest BCUT2D eigenvalue weighted by Crippen LogP contribution is -2.51. The maximum absolute atomic E-state index is 12.1. The third-order valence-electron chi connectivity index (χ3n) is 4.55. The fraction of sp³-hybridized carbons (Fsp3) is 0.632. The lowest BCUT2D eigenvalue weighted by atomic mass is 10.0. The molecule has 1 aromatic rings. The predicted octanol–water partition coefficient (Wildman–Crippen LogP) is 2.40. The summed E-state index contributed by atoms with van der Waals surface area (Å²) in [6, 6.07) is 8.80. The van der Waals surface area contributed by atoms with Crippen molar-refractivity contribution < 1.29 is 9.53 Å². The maximum Gasteiger partial charge on any atom is 0.220 e. The number of rotatable bonds is 7. The Morgan fingerprint density at radius 2 is 1.87 bits per heavy atom. The van der Waals surface area contributed by atoms with Crippen LogP contribution in [0.3, 0.4) is 0 Å². The van der Waals surface area contributed by atoms with E-state index in [1.807, 2.05) is 0 Å². The Labute approximate surface area is 140 Å². The number of nitrogens with one attached hydrogen (secondary N) is 1. The van der Waals surface area contributed by atoms with Gasteiger partial charge < -0.3 is 10.1 Å². The summed E-state index contributed by atoms with van der Waals surface area (Å²) in [4.78, 5) is 14.6. The highest BCUT2D eigenvalue weighted by Gasteiger charge is 2.24. The molecule has 0 aromatic heterocycles. The summed E-state index contributed by atoms with van der Waals surface area (Å²) in [5.74, 6) is 0.662. The molecule has 1 N–H and O–H groups in total. The molecule has 1 atom stereocenters. The van der Waals surface area contributed by atoms with Crippen LogP contribution in [0.1, 0.15) is 31.4 Å². The molecule has 1 heterocycles. The van der Waals surface area contributed by atoms with Crippen LogP contribution in [0.2, 0.25) is 0 Å². The van der Waals surface area contributed by atoms with Crippen LogP contribution in [-0.4, -0.2) is 49.7 Å². The number of hydrogen-bond donors (Lipinski definition) is 1. The molecule has 0 saturated carbocycles. The zero-order chi connectivity index (χ0) is 16.7. The first-order valence-electron chi connectivity index (χ1n) is 8.70. The van der Waals surface area contributed by atoms with Gasteiger partial charge in [-0.15, -0.1) is 0 Å². The Morgan fingerprint density at radius 1 is 1.22 bits per heavy atom. The number of carbonyl (C=O) groups is 1. The molecule has 1 aromatic carbocycles. The van der Waals surface area contributed by atoms with E-state index < -0.39 is 0 Å². The molecular formula is C19H30N2O2. The molecule has 0 spiro atoms. The first-order valence-corrected chi connectivity index (χ1v) is 8.70. The third-order valence-corrected chi connectivity index (χ3v) is 4.55. The number of nitrogens with zero attached hydrogens (tertiary/aromatic N) is 1. The summed E-state index contributed by atoms with van der Waals surface area (Å²) >= 11 is 0. The highest BCUT2D eigenvalue weighted by Crippen LogP contribution is 2.12. The molecule has 4 heteroatoms. The molecule has 128 valence electrons. The van der Waals surface area contributed by atoms with Crippen LogP contribution in [0.5, 0.6) is 0 Å². The van der Waals surface area contributed by atoms with Gasteiger partial charge in [-0.05, 0) is 24.8 Å². The van der Waals surface area contributed by atoms with Crippen LogP contribution >= 0.6 is 0 Å². The summed E-state index contributed by atoms with van der Waals surface area (Å²) in [6.45, 7) is 10.8. The molecule has 2 rings (SSSR count). The molecule has 4 nitrogen and oxygen atoms in total. The average molecular weight is 318 g/mol. The minimum Gasteiger partial charge on any atom is -0.379 e. The lowest BCUT2D eigenvalue weighted by Gasteiger charge is -2.36. The van der Waals surface area contributed by atoms with Crippen molar-refractivity contribution in [2.45, 2.75) is 39.7 Å². The number of morpholine rings is 1. The largest absolute Gasteiger partial charge is 0.379 e. The van der Waals surface area contributed by atoms with E-state index in [0.717, 1.165) is 39.3 Å². The van der Waals surface area contributed by atoms with Crippen LogP contribution in [0.4, 0.5) is 0 Å². The molecular weight excluding hydrogens is 288 g/mol. The number of ether oxygens (including phenoxy) is 1. The SMILES string of the molecule is Cc1ccc(CCC(=O)NCC(C(C)C)N2CCOCC2)cc1. The summed E-state index contributed by atoms with van der Waals surface area (Å²) in [5, 5.41) is 3.12. The van der Waals surface area contributed by atoms with Gasteiger partial charge in [0.05, 0.1) is 13.2 Å². The standard InChI is InChI=1S/C19H30N2O2/c1-15(2)18(21-10-12-23-13-11-21)14-20-19(22)9-8-17-6-4-16(3)5-7-17/h4-7,15,18H,8-14H2,1-3H3,(H,20,22). The Kier molecular flexibility index (Phi) is 7.06. The molecule has 23 heavy (non-hydrogen) atoms. The normalized spacial score (nSPS) is 17.2.